The number of halogens is 1. The van der Waals surface area contributed by atoms with E-state index in [1.165, 1.54) is 0 Å². The zero-order valence-electron chi connectivity index (χ0n) is 13.9. The zero-order chi connectivity index (χ0) is 13.7. The molecule has 2 rings (SSSR count). The van der Waals surface area contributed by atoms with Gasteiger partial charge in [0.1, 0.15) is 18.5 Å². The number of benzene rings is 2. The molecule has 0 heterocycles. The summed E-state index contributed by atoms with van der Waals surface area (Å²) in [6, 6.07) is 14.4. The summed E-state index contributed by atoms with van der Waals surface area (Å²) in [6.45, 7) is 4.95. The van der Waals surface area contributed by atoms with Crippen molar-refractivity contribution < 1.29 is 40.8 Å². The van der Waals surface area contributed by atoms with Gasteiger partial charge in [-0.3, -0.25) is 0 Å². The Morgan fingerprint density at radius 3 is 2.52 bits per heavy atom. The molecule has 3 nitrogen and oxygen atoms in total. The van der Waals surface area contributed by atoms with E-state index in [9.17, 15) is 5.11 Å². The maximum Gasteiger partial charge on any atom is 1.00 e. The number of aliphatic hydroxyl groups excluding tert-OH is 1. The van der Waals surface area contributed by atoms with Crippen molar-refractivity contribution >= 4 is 23.2 Å². The van der Waals surface area contributed by atoms with Gasteiger partial charge in [-0.1, -0.05) is 50.2 Å². The Morgan fingerprint density at radius 1 is 1.14 bits per heavy atom. The Morgan fingerprint density at radius 2 is 1.81 bits per heavy atom. The first-order valence-electron chi connectivity index (χ1n) is 6.69. The molecular formula is C16H23ClNNaO2. The number of aliphatic hydroxyl groups is 1. The van der Waals surface area contributed by atoms with Crippen molar-refractivity contribution in [2.45, 2.75) is 26.0 Å². The Kier molecular flexibility index (Phi) is 10.3. The number of fused-ring (bicyclic) bond motifs is 1. The third-order valence-electron chi connectivity index (χ3n) is 2.94. The summed E-state index contributed by atoms with van der Waals surface area (Å²) in [4.78, 5) is 0. The predicted molar refractivity (Wildman–Crippen MR) is 86.9 cm³/mol. The van der Waals surface area contributed by atoms with Crippen LogP contribution in [0.3, 0.4) is 0 Å². The van der Waals surface area contributed by atoms with E-state index in [-0.39, 0.29) is 43.4 Å². The number of nitrogens with one attached hydrogen (secondary N) is 1. The zero-order valence-corrected chi connectivity index (χ0v) is 15.7. The Bertz CT molecular complexity index is 537. The summed E-state index contributed by atoms with van der Waals surface area (Å²) in [5.74, 6) is 0.821. The average molecular weight is 320 g/mol. The summed E-state index contributed by atoms with van der Waals surface area (Å²) in [5, 5.41) is 15.3. The Labute approximate surface area is 156 Å². The third-order valence-corrected chi connectivity index (χ3v) is 2.94. The van der Waals surface area contributed by atoms with Crippen LogP contribution in [0.2, 0.25) is 0 Å². The van der Waals surface area contributed by atoms with Gasteiger partial charge in [-0.25, -0.2) is 0 Å². The van der Waals surface area contributed by atoms with E-state index in [0.29, 0.717) is 19.2 Å². The molecule has 0 fully saturated rings. The van der Waals surface area contributed by atoms with Crippen LogP contribution in [0.5, 0.6) is 5.75 Å². The normalized spacial score (nSPS) is 11.6. The second-order valence-corrected chi connectivity index (χ2v) is 5.01. The number of hydrogen-bond acceptors (Lipinski definition) is 3. The van der Waals surface area contributed by atoms with Crippen molar-refractivity contribution in [1.29, 1.82) is 0 Å². The minimum atomic E-state index is -0.499. The van der Waals surface area contributed by atoms with Gasteiger partial charge < -0.3 is 16.6 Å². The molecular weight excluding hydrogens is 297 g/mol. The summed E-state index contributed by atoms with van der Waals surface area (Å²) < 4.78 is 5.72. The van der Waals surface area contributed by atoms with Crippen LogP contribution in [0, 0.1) is 0 Å². The van der Waals surface area contributed by atoms with Crippen molar-refractivity contribution in [1.82, 2.24) is 5.32 Å². The monoisotopic (exact) mass is 319 g/mol. The Balaban J connectivity index is 0. The second kappa shape index (κ2) is 10.4. The minimum absolute atomic E-state index is 0. The number of hydrogen-bond donors (Lipinski definition) is 2. The van der Waals surface area contributed by atoms with E-state index in [1.54, 1.807) is 0 Å². The molecule has 0 saturated heterocycles. The van der Waals surface area contributed by atoms with Gasteiger partial charge >= 0.3 is 29.6 Å². The molecule has 2 N–H and O–H groups in total. The van der Waals surface area contributed by atoms with Gasteiger partial charge in [0.25, 0.3) is 0 Å². The molecule has 1 unspecified atom stereocenters. The van der Waals surface area contributed by atoms with Crippen LogP contribution in [-0.4, -0.2) is 30.4 Å². The topological polar surface area (TPSA) is 41.5 Å². The van der Waals surface area contributed by atoms with Gasteiger partial charge in [0.05, 0.1) is 0 Å². The molecule has 0 radical (unpaired) electrons. The van der Waals surface area contributed by atoms with Crippen LogP contribution in [0.4, 0.5) is 0 Å². The maximum atomic E-state index is 9.84. The van der Waals surface area contributed by atoms with Crippen LogP contribution in [-0.2, 0) is 0 Å². The second-order valence-electron chi connectivity index (χ2n) is 5.01. The molecule has 0 aliphatic rings. The number of rotatable bonds is 6. The van der Waals surface area contributed by atoms with Gasteiger partial charge in [-0.15, -0.1) is 12.4 Å². The van der Waals surface area contributed by atoms with Gasteiger partial charge in [0.2, 0.25) is 0 Å². The quantitative estimate of drug-likeness (QED) is 0.743. The molecule has 2 aromatic carbocycles. The Hall–Kier alpha value is -0.290. The average Bonchev–Trinajstić information content (AvgIpc) is 2.42. The molecule has 0 bridgehead atoms. The van der Waals surface area contributed by atoms with E-state index in [2.05, 4.69) is 31.3 Å². The van der Waals surface area contributed by atoms with E-state index < -0.39 is 6.10 Å². The van der Waals surface area contributed by atoms with Gasteiger partial charge in [-0.05, 0) is 11.5 Å². The molecule has 0 amide bonds. The minimum Gasteiger partial charge on any atom is -1.00 e. The van der Waals surface area contributed by atoms with E-state index in [1.807, 2.05) is 30.3 Å². The van der Waals surface area contributed by atoms with Crippen LogP contribution < -0.4 is 39.6 Å². The van der Waals surface area contributed by atoms with Gasteiger partial charge in [0, 0.05) is 18.0 Å². The molecule has 0 saturated carbocycles. The summed E-state index contributed by atoms with van der Waals surface area (Å²) >= 11 is 0. The largest absolute Gasteiger partial charge is 1.00 e. The van der Waals surface area contributed by atoms with Gasteiger partial charge in [0.15, 0.2) is 0 Å². The van der Waals surface area contributed by atoms with Crippen molar-refractivity contribution in [3.05, 3.63) is 42.5 Å². The molecule has 2 aromatic rings. The SMILES string of the molecule is CC(C)NCC(O)COc1cccc2ccccc12.Cl.[H-].[Na+]. The molecule has 0 aliphatic heterocycles. The van der Waals surface area contributed by atoms with E-state index >= 15 is 0 Å². The predicted octanol–water partition coefficient (Wildman–Crippen LogP) is 0.116. The molecule has 1 atom stereocenters. The molecule has 112 valence electrons. The summed E-state index contributed by atoms with van der Waals surface area (Å²) in [5.41, 5.74) is 0. The van der Waals surface area contributed by atoms with Crippen LogP contribution in [0.25, 0.3) is 10.8 Å². The first-order chi connectivity index (χ1) is 9.16. The molecule has 0 spiro atoms. The molecule has 0 aromatic heterocycles. The fourth-order valence-electron chi connectivity index (χ4n) is 1.94. The van der Waals surface area contributed by atoms with Crippen molar-refractivity contribution in [3.8, 4) is 5.75 Å². The molecule has 5 heteroatoms. The first-order valence-corrected chi connectivity index (χ1v) is 6.69. The van der Waals surface area contributed by atoms with Crippen molar-refractivity contribution in [3.63, 3.8) is 0 Å². The third kappa shape index (κ3) is 6.55. The van der Waals surface area contributed by atoms with Crippen molar-refractivity contribution in [2.24, 2.45) is 0 Å². The first kappa shape index (κ1) is 20.7. The van der Waals surface area contributed by atoms with E-state index in [4.69, 9.17) is 4.74 Å². The van der Waals surface area contributed by atoms with Crippen LogP contribution >= 0.6 is 12.4 Å². The molecule has 0 aliphatic carbocycles. The molecule has 21 heavy (non-hydrogen) atoms. The fourth-order valence-corrected chi connectivity index (χ4v) is 1.94. The fraction of sp³-hybridized carbons (Fsp3) is 0.375. The standard InChI is InChI=1S/C16H21NO2.ClH.Na.H/c1-12(2)17-10-14(18)11-19-16-9-5-7-13-6-3-4-8-15(13)16;;;/h3-9,12,14,17-18H,10-11H2,1-2H3;1H;;/q;;+1;-1. The van der Waals surface area contributed by atoms with Crippen molar-refractivity contribution in [2.75, 3.05) is 13.2 Å². The maximum absolute atomic E-state index is 9.84. The van der Waals surface area contributed by atoms with Crippen LogP contribution in [0.1, 0.15) is 15.3 Å². The number of ether oxygens (including phenoxy) is 1. The summed E-state index contributed by atoms with van der Waals surface area (Å²) in [7, 11) is 0. The van der Waals surface area contributed by atoms with Crippen LogP contribution in [0.15, 0.2) is 42.5 Å². The van der Waals surface area contributed by atoms with E-state index in [0.717, 1.165) is 16.5 Å². The van der Waals surface area contributed by atoms with Gasteiger partial charge in [-0.2, -0.15) is 0 Å². The summed E-state index contributed by atoms with van der Waals surface area (Å²) in [6.07, 6.45) is -0.499. The smallest absolute Gasteiger partial charge is 1.00 e.